The molecule has 1 aromatic carbocycles. The average molecular weight is 325 g/mol. The molecule has 0 spiro atoms. The Morgan fingerprint density at radius 2 is 2.17 bits per heavy atom. The van der Waals surface area contributed by atoms with Crippen LogP contribution in [-0.2, 0) is 4.79 Å². The molecule has 7 heteroatoms. The summed E-state index contributed by atoms with van der Waals surface area (Å²) < 4.78 is 10.6. The van der Waals surface area contributed by atoms with Gasteiger partial charge in [0.25, 0.3) is 5.91 Å². The third-order valence-corrected chi connectivity index (χ3v) is 4.13. The number of hydrogen-bond acceptors (Lipinski definition) is 6. The second-order valence-corrected chi connectivity index (χ2v) is 5.84. The lowest BCUT2D eigenvalue weighted by atomic mass is 10.2. The highest BCUT2D eigenvalue weighted by molar-refractivity contribution is 8.18. The summed E-state index contributed by atoms with van der Waals surface area (Å²) >= 11 is 1.29. The Morgan fingerprint density at radius 3 is 3.04 bits per heavy atom. The van der Waals surface area contributed by atoms with E-state index in [1.165, 1.54) is 11.8 Å². The summed E-state index contributed by atoms with van der Waals surface area (Å²) in [7, 11) is 0. The third-order valence-electron chi connectivity index (χ3n) is 3.22. The predicted molar refractivity (Wildman–Crippen MR) is 87.6 cm³/mol. The molecule has 0 unspecified atom stereocenters. The summed E-state index contributed by atoms with van der Waals surface area (Å²) in [6.07, 6.45) is 5.11. The summed E-state index contributed by atoms with van der Waals surface area (Å²) in [5.74, 6) is 1.23. The highest BCUT2D eigenvalue weighted by atomic mass is 32.2. The van der Waals surface area contributed by atoms with Crippen molar-refractivity contribution in [2.24, 2.45) is 4.99 Å². The summed E-state index contributed by atoms with van der Waals surface area (Å²) in [5, 5.41) is 3.28. The largest absolute Gasteiger partial charge is 0.454 e. The maximum atomic E-state index is 12.1. The number of carbonyl (C=O) groups is 1. The van der Waals surface area contributed by atoms with Gasteiger partial charge in [0.2, 0.25) is 6.79 Å². The highest BCUT2D eigenvalue weighted by Crippen LogP contribution is 2.34. The Hall–Kier alpha value is -2.80. The number of ether oxygens (including phenoxy) is 2. The van der Waals surface area contributed by atoms with Crippen LogP contribution in [0.4, 0.5) is 5.69 Å². The van der Waals surface area contributed by atoms with Crippen molar-refractivity contribution in [3.63, 3.8) is 0 Å². The number of nitrogens with one attached hydrogen (secondary N) is 1. The lowest BCUT2D eigenvalue weighted by molar-refractivity contribution is -0.115. The van der Waals surface area contributed by atoms with E-state index in [9.17, 15) is 4.79 Å². The number of amidine groups is 1. The number of thioether (sulfide) groups is 1. The molecular formula is C16H11N3O3S. The van der Waals surface area contributed by atoms with Gasteiger partial charge in [-0.2, -0.15) is 0 Å². The first kappa shape index (κ1) is 13.8. The molecule has 2 aliphatic rings. The van der Waals surface area contributed by atoms with Gasteiger partial charge in [0.1, 0.15) is 0 Å². The van der Waals surface area contributed by atoms with E-state index in [1.54, 1.807) is 24.5 Å². The zero-order valence-corrected chi connectivity index (χ0v) is 12.7. The molecule has 4 rings (SSSR count). The molecule has 1 amide bonds. The van der Waals surface area contributed by atoms with Crippen LogP contribution in [0.5, 0.6) is 11.5 Å². The van der Waals surface area contributed by atoms with Gasteiger partial charge in [-0.3, -0.25) is 9.78 Å². The van der Waals surface area contributed by atoms with Crippen LogP contribution in [0.15, 0.2) is 52.6 Å². The second-order valence-electron chi connectivity index (χ2n) is 4.81. The normalized spacial score (nSPS) is 19.4. The van der Waals surface area contributed by atoms with Gasteiger partial charge in [-0.05, 0) is 47.7 Å². The zero-order valence-electron chi connectivity index (χ0n) is 11.9. The number of amides is 1. The number of carbonyl (C=O) groups excluding carboxylic acids is 1. The van der Waals surface area contributed by atoms with Crippen LogP contribution >= 0.6 is 11.8 Å². The first-order valence-corrected chi connectivity index (χ1v) is 7.69. The number of nitrogens with zero attached hydrogens (tertiary/aromatic N) is 2. The van der Waals surface area contributed by atoms with E-state index in [0.717, 1.165) is 11.3 Å². The summed E-state index contributed by atoms with van der Waals surface area (Å²) in [4.78, 5) is 21.0. The summed E-state index contributed by atoms with van der Waals surface area (Å²) in [6.45, 7) is 0.229. The first-order chi connectivity index (χ1) is 11.3. The van der Waals surface area contributed by atoms with Gasteiger partial charge < -0.3 is 14.8 Å². The Kier molecular flexibility index (Phi) is 3.47. The molecule has 0 saturated carbocycles. The zero-order chi connectivity index (χ0) is 15.6. The van der Waals surface area contributed by atoms with E-state index < -0.39 is 0 Å². The number of benzene rings is 1. The lowest BCUT2D eigenvalue weighted by Crippen LogP contribution is -2.19. The average Bonchev–Trinajstić information content (AvgIpc) is 3.15. The Morgan fingerprint density at radius 1 is 1.26 bits per heavy atom. The number of hydrogen-bond donors (Lipinski definition) is 1. The van der Waals surface area contributed by atoms with Crippen molar-refractivity contribution in [1.82, 2.24) is 10.3 Å². The van der Waals surface area contributed by atoms with Crippen molar-refractivity contribution < 1.29 is 14.3 Å². The number of aliphatic imine (C=N–C) groups is 1. The van der Waals surface area contributed by atoms with Crippen LogP contribution in [0.1, 0.15) is 5.56 Å². The van der Waals surface area contributed by atoms with E-state index in [4.69, 9.17) is 9.47 Å². The van der Waals surface area contributed by atoms with Crippen molar-refractivity contribution in [3.8, 4) is 11.5 Å². The second kappa shape index (κ2) is 5.77. The molecule has 114 valence electrons. The van der Waals surface area contributed by atoms with Crippen LogP contribution < -0.4 is 14.8 Å². The molecule has 1 N–H and O–H groups in total. The quantitative estimate of drug-likeness (QED) is 0.860. The molecule has 2 aromatic rings. The smallest absolute Gasteiger partial charge is 0.264 e. The van der Waals surface area contributed by atoms with Gasteiger partial charge in [0.15, 0.2) is 16.7 Å². The van der Waals surface area contributed by atoms with Crippen molar-refractivity contribution in [2.75, 3.05) is 6.79 Å². The van der Waals surface area contributed by atoms with E-state index in [-0.39, 0.29) is 12.7 Å². The lowest BCUT2D eigenvalue weighted by Gasteiger charge is -1.98. The van der Waals surface area contributed by atoms with E-state index in [1.807, 2.05) is 24.3 Å². The summed E-state index contributed by atoms with van der Waals surface area (Å²) in [5.41, 5.74) is 1.56. The molecule has 1 saturated heterocycles. The predicted octanol–water partition coefficient (Wildman–Crippen LogP) is 2.70. The van der Waals surface area contributed by atoms with Gasteiger partial charge >= 0.3 is 0 Å². The minimum absolute atomic E-state index is 0.171. The Labute approximate surface area is 136 Å². The first-order valence-electron chi connectivity index (χ1n) is 6.87. The molecule has 0 radical (unpaired) electrons. The monoisotopic (exact) mass is 325 g/mol. The third kappa shape index (κ3) is 2.91. The molecular weight excluding hydrogens is 314 g/mol. The molecule has 1 aromatic heterocycles. The van der Waals surface area contributed by atoms with Crippen molar-refractivity contribution in [2.45, 2.75) is 0 Å². The molecule has 1 fully saturated rings. The fourth-order valence-corrected chi connectivity index (χ4v) is 3.01. The molecule has 0 atom stereocenters. The van der Waals surface area contributed by atoms with Crippen LogP contribution in [0.2, 0.25) is 0 Å². The van der Waals surface area contributed by atoms with Gasteiger partial charge in [-0.15, -0.1) is 0 Å². The maximum absolute atomic E-state index is 12.1. The van der Waals surface area contributed by atoms with E-state index >= 15 is 0 Å². The van der Waals surface area contributed by atoms with Crippen molar-refractivity contribution in [3.05, 3.63) is 53.2 Å². The van der Waals surface area contributed by atoms with Crippen LogP contribution in [0.3, 0.4) is 0 Å². The number of fused-ring (bicyclic) bond motifs is 1. The van der Waals surface area contributed by atoms with Crippen LogP contribution in [0, 0.1) is 0 Å². The molecule has 0 bridgehead atoms. The fourth-order valence-electron chi connectivity index (χ4n) is 2.17. The van der Waals surface area contributed by atoms with Gasteiger partial charge in [0, 0.05) is 6.20 Å². The SMILES string of the molecule is O=C1NC(=Nc2cccnc2)SC1=Cc1ccc2c(c1)OCO2. The van der Waals surface area contributed by atoms with Gasteiger partial charge in [0.05, 0.1) is 16.8 Å². The van der Waals surface area contributed by atoms with Crippen molar-refractivity contribution >= 4 is 34.6 Å². The highest BCUT2D eigenvalue weighted by Gasteiger charge is 2.24. The van der Waals surface area contributed by atoms with E-state index in [2.05, 4.69) is 15.3 Å². The maximum Gasteiger partial charge on any atom is 0.264 e. The van der Waals surface area contributed by atoms with Gasteiger partial charge in [-0.25, -0.2) is 4.99 Å². The molecule has 23 heavy (non-hydrogen) atoms. The minimum Gasteiger partial charge on any atom is -0.454 e. The molecule has 0 aliphatic carbocycles. The van der Waals surface area contributed by atoms with E-state index in [0.29, 0.717) is 21.5 Å². The van der Waals surface area contributed by atoms with Gasteiger partial charge in [-0.1, -0.05) is 6.07 Å². The fraction of sp³-hybridized carbons (Fsp3) is 0.0625. The number of pyridine rings is 1. The molecule has 2 aliphatic heterocycles. The standard InChI is InChI=1S/C16H11N3O3S/c20-15-14(7-10-3-4-12-13(6-10)22-9-21-12)23-16(19-15)18-11-2-1-5-17-8-11/h1-8H,9H2,(H,18,19,20). The number of aromatic nitrogens is 1. The Bertz CT molecular complexity index is 834. The molecule has 6 nitrogen and oxygen atoms in total. The van der Waals surface area contributed by atoms with Crippen LogP contribution in [-0.4, -0.2) is 22.9 Å². The Balaban J connectivity index is 1.58. The topological polar surface area (TPSA) is 72.8 Å². The van der Waals surface area contributed by atoms with Crippen molar-refractivity contribution in [1.29, 1.82) is 0 Å². The summed E-state index contributed by atoms with van der Waals surface area (Å²) in [6, 6.07) is 9.18. The van der Waals surface area contributed by atoms with Crippen LogP contribution in [0.25, 0.3) is 6.08 Å². The number of rotatable bonds is 2. The molecule has 3 heterocycles. The minimum atomic E-state index is -0.171.